The van der Waals surface area contributed by atoms with E-state index in [2.05, 4.69) is 4.12 Å². The average Bonchev–Trinajstić information content (AvgIpc) is 1.30. The highest BCUT2D eigenvalue weighted by molar-refractivity contribution is 6.57. The Morgan fingerprint density at radius 3 is 1.86 bits per heavy atom. The maximum absolute atomic E-state index is 11.0. The monoisotopic (exact) mass is 146 g/mol. The summed E-state index contributed by atoms with van der Waals surface area (Å²) in [5.74, 6) is 0. The van der Waals surface area contributed by atoms with Gasteiger partial charge in [0, 0.05) is 0 Å². The zero-order valence-electron chi connectivity index (χ0n) is 3.75. The third kappa shape index (κ3) is 6.18. The van der Waals surface area contributed by atoms with Crippen LogP contribution in [0.25, 0.3) is 0 Å². The van der Waals surface area contributed by atoms with Crippen LogP contribution in [0.5, 0.6) is 0 Å². The van der Waals surface area contributed by atoms with Gasteiger partial charge >= 0.3 is 9.32 Å². The van der Waals surface area contributed by atoms with Crippen LogP contribution in [-0.4, -0.2) is 19.1 Å². The first kappa shape index (κ1) is 7.18. The van der Waals surface area contributed by atoms with Crippen molar-refractivity contribution in [3.8, 4) is 0 Å². The van der Waals surface area contributed by atoms with Gasteiger partial charge in [-0.25, -0.2) is 12.3 Å². The third-order valence-electron chi connectivity index (χ3n) is 0.308. The van der Waals surface area contributed by atoms with Gasteiger partial charge in [-0.1, -0.05) is 6.55 Å². The Kier molecular flexibility index (Phi) is 2.55. The summed E-state index contributed by atoms with van der Waals surface area (Å²) in [5.41, 5.74) is 0. The van der Waals surface area contributed by atoms with Gasteiger partial charge in [0.25, 0.3) is 0 Å². The minimum atomic E-state index is -5.60. The summed E-state index contributed by atoms with van der Waals surface area (Å²) in [7, 11) is -6.85. The van der Waals surface area contributed by atoms with E-state index in [1.54, 1.807) is 0 Å². The molecule has 0 aliphatic carbocycles. The van der Waals surface area contributed by atoms with Crippen LogP contribution in [0.2, 0.25) is 6.55 Å². The second-order valence-electron chi connectivity index (χ2n) is 0.879. The summed E-state index contributed by atoms with van der Waals surface area (Å²) in [6.07, 6.45) is 0. The summed E-state index contributed by atoms with van der Waals surface area (Å²) in [6.45, 7) is 1.46. The molecule has 0 unspecified atom stereocenters. The molecule has 0 aromatic rings. The van der Waals surface area contributed by atoms with Crippen molar-refractivity contribution in [3.05, 3.63) is 0 Å². The molecule has 0 atom stereocenters. The van der Waals surface area contributed by atoms with Gasteiger partial charge in [-0.2, -0.15) is 0 Å². The van der Waals surface area contributed by atoms with Crippen molar-refractivity contribution in [2.24, 2.45) is 0 Å². The minimum Gasteiger partial charge on any atom is -0.391 e. The predicted octanol–water partition coefficient (Wildman–Crippen LogP) is 0.479. The van der Waals surface area contributed by atoms with Gasteiger partial charge in [0.15, 0.2) is 9.76 Å². The van der Waals surface area contributed by atoms with Gasteiger partial charge in [-0.15, -0.1) is 0 Å². The van der Waals surface area contributed by atoms with Crippen LogP contribution in [0.1, 0.15) is 0 Å². The summed E-state index contributed by atoms with van der Waals surface area (Å²) in [5, 5.41) is 0. The lowest BCUT2D eigenvalue weighted by Crippen LogP contribution is -2.21. The molecule has 0 amide bonds. The smallest absolute Gasteiger partial charge is 0.391 e. The standard InChI is InChI=1S/CH5F3OSi2/c1-6-5-7(2,3)4/h6H2,1H3. The predicted molar refractivity (Wildman–Crippen MR) is 24.6 cm³/mol. The lowest BCUT2D eigenvalue weighted by molar-refractivity contribution is 0.307. The molecular formula is CH5F3OSi2. The van der Waals surface area contributed by atoms with Gasteiger partial charge in [0.1, 0.15) is 0 Å². The largest absolute Gasteiger partial charge is 0.791 e. The van der Waals surface area contributed by atoms with Gasteiger partial charge in [-0.3, -0.25) is 0 Å². The lowest BCUT2D eigenvalue weighted by Gasteiger charge is -1.97. The second kappa shape index (κ2) is 2.48. The summed E-state index contributed by atoms with van der Waals surface area (Å²) in [4.78, 5) is 0. The summed E-state index contributed by atoms with van der Waals surface area (Å²) < 4.78 is 36.5. The van der Waals surface area contributed by atoms with Crippen molar-refractivity contribution in [2.75, 3.05) is 0 Å². The highest BCUT2D eigenvalue weighted by atomic mass is 28.5. The maximum atomic E-state index is 11.0. The van der Waals surface area contributed by atoms with Crippen LogP contribution in [0.3, 0.4) is 0 Å². The van der Waals surface area contributed by atoms with E-state index in [0.717, 1.165) is 0 Å². The lowest BCUT2D eigenvalue weighted by atomic mass is 11.9. The number of halogens is 3. The quantitative estimate of drug-likeness (QED) is 0.406. The second-order valence-corrected chi connectivity index (χ2v) is 3.50. The molecule has 6 heteroatoms. The van der Waals surface area contributed by atoms with E-state index < -0.39 is 19.1 Å². The fourth-order valence-corrected chi connectivity index (χ4v) is 1.47. The fourth-order valence-electron chi connectivity index (χ4n) is 0.164. The van der Waals surface area contributed by atoms with E-state index >= 15 is 0 Å². The van der Waals surface area contributed by atoms with Gasteiger partial charge < -0.3 is 4.12 Å². The van der Waals surface area contributed by atoms with Gasteiger partial charge in [0.2, 0.25) is 0 Å². The van der Waals surface area contributed by atoms with Crippen LogP contribution >= 0.6 is 0 Å². The molecule has 0 spiro atoms. The first-order valence-corrected chi connectivity index (χ1v) is 5.30. The van der Waals surface area contributed by atoms with E-state index in [-0.39, 0.29) is 0 Å². The molecule has 0 bridgehead atoms. The minimum absolute atomic E-state index is 1.25. The summed E-state index contributed by atoms with van der Waals surface area (Å²) >= 11 is 0. The molecule has 0 radical (unpaired) electrons. The number of rotatable bonds is 2. The van der Waals surface area contributed by atoms with Crippen LogP contribution in [0.15, 0.2) is 0 Å². The summed E-state index contributed by atoms with van der Waals surface area (Å²) in [6, 6.07) is 0. The first-order chi connectivity index (χ1) is 3.06. The number of hydrogen-bond acceptors (Lipinski definition) is 1. The average molecular weight is 146 g/mol. The van der Waals surface area contributed by atoms with E-state index in [1.807, 2.05) is 0 Å². The molecule has 0 aromatic carbocycles. The van der Waals surface area contributed by atoms with Crippen molar-refractivity contribution in [1.29, 1.82) is 0 Å². The number of hydrogen-bond donors (Lipinski definition) is 0. The van der Waals surface area contributed by atoms with Crippen LogP contribution < -0.4 is 0 Å². The van der Waals surface area contributed by atoms with Crippen LogP contribution in [0, 0.1) is 0 Å². The van der Waals surface area contributed by atoms with Crippen LogP contribution in [0.4, 0.5) is 12.3 Å². The van der Waals surface area contributed by atoms with Crippen LogP contribution in [-0.2, 0) is 4.12 Å². The topological polar surface area (TPSA) is 9.23 Å². The highest BCUT2D eigenvalue weighted by Gasteiger charge is 2.39. The van der Waals surface area contributed by atoms with E-state index in [0.29, 0.717) is 0 Å². The molecule has 0 aliphatic rings. The van der Waals surface area contributed by atoms with Crippen molar-refractivity contribution in [2.45, 2.75) is 6.55 Å². The molecule has 0 saturated carbocycles. The Morgan fingerprint density at radius 2 is 1.86 bits per heavy atom. The SMILES string of the molecule is C[SiH2]O[Si](F)(F)F. The van der Waals surface area contributed by atoms with Gasteiger partial charge in [0.05, 0.1) is 0 Å². The molecule has 44 valence electrons. The Morgan fingerprint density at radius 1 is 1.43 bits per heavy atom. The maximum Gasteiger partial charge on any atom is 0.791 e. The Bertz CT molecular complexity index is 51.4. The van der Waals surface area contributed by atoms with Crippen molar-refractivity contribution >= 4 is 19.1 Å². The van der Waals surface area contributed by atoms with Crippen molar-refractivity contribution in [3.63, 3.8) is 0 Å². The highest BCUT2D eigenvalue weighted by Crippen LogP contribution is 2.07. The van der Waals surface area contributed by atoms with E-state index in [4.69, 9.17) is 0 Å². The molecule has 0 saturated heterocycles. The molecule has 0 N–H and O–H groups in total. The Hall–Kier alpha value is 0.184. The molecule has 0 fully saturated rings. The molecule has 7 heavy (non-hydrogen) atoms. The third-order valence-corrected chi connectivity index (χ3v) is 2.77. The fraction of sp³-hybridized carbons (Fsp3) is 1.00. The van der Waals surface area contributed by atoms with Crippen molar-refractivity contribution in [1.82, 2.24) is 0 Å². The zero-order valence-corrected chi connectivity index (χ0v) is 6.16. The Balaban J connectivity index is 3.15. The molecular weight excluding hydrogens is 141 g/mol. The Labute approximate surface area is 43.1 Å². The van der Waals surface area contributed by atoms with E-state index in [1.165, 1.54) is 6.55 Å². The first-order valence-electron chi connectivity index (χ1n) is 1.77. The van der Waals surface area contributed by atoms with Crippen molar-refractivity contribution < 1.29 is 16.4 Å². The zero-order chi connectivity index (χ0) is 5.91. The molecule has 0 aromatic heterocycles. The van der Waals surface area contributed by atoms with Gasteiger partial charge in [-0.05, 0) is 0 Å². The molecule has 0 heterocycles. The molecule has 0 aliphatic heterocycles. The van der Waals surface area contributed by atoms with E-state index in [9.17, 15) is 12.3 Å². The normalized spacial score (nSPS) is 13.7. The molecule has 0 rings (SSSR count). The molecule has 1 nitrogen and oxygen atoms in total.